The molecule has 0 aliphatic carbocycles. The molecule has 0 saturated carbocycles. The van der Waals surface area contributed by atoms with Gasteiger partial charge in [0.2, 0.25) is 0 Å². The van der Waals surface area contributed by atoms with E-state index in [-0.39, 0.29) is 0 Å². The SMILES string of the molecule is CCc1c(C#N)nnn1-c1ccc(OC)cc1. The fraction of sp³-hybridized carbons (Fsp3) is 0.250. The van der Waals surface area contributed by atoms with Crippen LogP contribution in [0.25, 0.3) is 5.69 Å². The molecule has 0 unspecified atom stereocenters. The third-order valence-electron chi connectivity index (χ3n) is 2.52. The highest BCUT2D eigenvalue weighted by atomic mass is 16.5. The van der Waals surface area contributed by atoms with Gasteiger partial charge in [0, 0.05) is 0 Å². The van der Waals surface area contributed by atoms with Crippen molar-refractivity contribution in [2.75, 3.05) is 7.11 Å². The summed E-state index contributed by atoms with van der Waals surface area (Å²) in [6.07, 6.45) is 0.710. The Labute approximate surface area is 99.2 Å². The molecule has 2 rings (SSSR count). The molecule has 17 heavy (non-hydrogen) atoms. The number of nitrogens with zero attached hydrogens (tertiary/aromatic N) is 4. The van der Waals surface area contributed by atoms with Crippen molar-refractivity contribution in [3.63, 3.8) is 0 Å². The monoisotopic (exact) mass is 228 g/mol. The second-order valence-corrected chi connectivity index (χ2v) is 3.46. The van der Waals surface area contributed by atoms with Crippen molar-refractivity contribution in [2.24, 2.45) is 0 Å². The van der Waals surface area contributed by atoms with Crippen molar-refractivity contribution >= 4 is 0 Å². The summed E-state index contributed by atoms with van der Waals surface area (Å²) in [6, 6.07) is 9.51. The minimum Gasteiger partial charge on any atom is -0.497 e. The van der Waals surface area contributed by atoms with Crippen molar-refractivity contribution < 1.29 is 4.74 Å². The maximum absolute atomic E-state index is 8.91. The lowest BCUT2D eigenvalue weighted by Crippen LogP contribution is -2.02. The largest absolute Gasteiger partial charge is 0.497 e. The summed E-state index contributed by atoms with van der Waals surface area (Å²) in [5.74, 6) is 0.785. The topological polar surface area (TPSA) is 63.7 Å². The van der Waals surface area contributed by atoms with Crippen LogP contribution in [0.2, 0.25) is 0 Å². The molecular weight excluding hydrogens is 216 g/mol. The zero-order valence-corrected chi connectivity index (χ0v) is 9.71. The molecule has 2 aromatic rings. The van der Waals surface area contributed by atoms with Crippen LogP contribution < -0.4 is 4.74 Å². The van der Waals surface area contributed by atoms with E-state index < -0.39 is 0 Å². The number of benzene rings is 1. The van der Waals surface area contributed by atoms with Gasteiger partial charge in [0.25, 0.3) is 0 Å². The first kappa shape index (κ1) is 11.1. The summed E-state index contributed by atoms with van der Waals surface area (Å²) in [5.41, 5.74) is 2.07. The Kier molecular flexibility index (Phi) is 3.06. The Morgan fingerprint density at radius 3 is 2.59 bits per heavy atom. The Hall–Kier alpha value is -2.35. The fourth-order valence-corrected chi connectivity index (χ4v) is 1.64. The van der Waals surface area contributed by atoms with Crippen molar-refractivity contribution in [3.05, 3.63) is 35.7 Å². The molecule has 0 radical (unpaired) electrons. The molecule has 1 aromatic heterocycles. The van der Waals surface area contributed by atoms with Crippen LogP contribution in [0.5, 0.6) is 5.75 Å². The highest BCUT2D eigenvalue weighted by Gasteiger charge is 2.11. The van der Waals surface area contributed by atoms with Gasteiger partial charge in [-0.15, -0.1) is 5.10 Å². The van der Waals surface area contributed by atoms with Crippen molar-refractivity contribution in [1.82, 2.24) is 15.0 Å². The highest BCUT2D eigenvalue weighted by Crippen LogP contribution is 2.17. The van der Waals surface area contributed by atoms with Crippen LogP contribution in [-0.4, -0.2) is 22.1 Å². The molecule has 0 saturated heterocycles. The lowest BCUT2D eigenvalue weighted by molar-refractivity contribution is 0.414. The Bertz CT molecular complexity index is 551. The molecule has 5 nitrogen and oxygen atoms in total. The Morgan fingerprint density at radius 2 is 2.06 bits per heavy atom. The zero-order valence-electron chi connectivity index (χ0n) is 9.71. The number of hydrogen-bond donors (Lipinski definition) is 0. The first-order chi connectivity index (χ1) is 8.30. The first-order valence-electron chi connectivity index (χ1n) is 5.29. The van der Waals surface area contributed by atoms with Gasteiger partial charge in [-0.1, -0.05) is 12.1 Å². The van der Waals surface area contributed by atoms with E-state index in [1.807, 2.05) is 37.3 Å². The molecule has 0 spiro atoms. The standard InChI is InChI=1S/C12H12N4O/c1-3-12-11(8-13)14-15-16(12)9-4-6-10(17-2)7-5-9/h4-7H,3H2,1-2H3. The summed E-state index contributed by atoms with van der Waals surface area (Å²) >= 11 is 0. The molecule has 86 valence electrons. The van der Waals surface area contributed by atoms with E-state index >= 15 is 0 Å². The van der Waals surface area contributed by atoms with Gasteiger partial charge >= 0.3 is 0 Å². The quantitative estimate of drug-likeness (QED) is 0.802. The average Bonchev–Trinajstić information content (AvgIpc) is 2.81. The normalized spacial score (nSPS) is 9.94. The van der Waals surface area contributed by atoms with E-state index in [2.05, 4.69) is 10.3 Å². The summed E-state index contributed by atoms with van der Waals surface area (Å²) in [4.78, 5) is 0. The van der Waals surface area contributed by atoms with Crippen LogP contribution in [0.4, 0.5) is 0 Å². The third kappa shape index (κ3) is 1.97. The number of ether oxygens (including phenoxy) is 1. The lowest BCUT2D eigenvalue weighted by atomic mass is 10.2. The average molecular weight is 228 g/mol. The number of methoxy groups -OCH3 is 1. The van der Waals surface area contributed by atoms with E-state index in [0.717, 1.165) is 17.1 Å². The van der Waals surface area contributed by atoms with Crippen LogP contribution in [0.15, 0.2) is 24.3 Å². The van der Waals surface area contributed by atoms with Crippen LogP contribution >= 0.6 is 0 Å². The van der Waals surface area contributed by atoms with Crippen LogP contribution in [0.3, 0.4) is 0 Å². The number of aromatic nitrogens is 3. The van der Waals surface area contributed by atoms with Gasteiger partial charge in [-0.25, -0.2) is 4.68 Å². The van der Waals surface area contributed by atoms with Gasteiger partial charge < -0.3 is 4.74 Å². The van der Waals surface area contributed by atoms with Gasteiger partial charge in [-0.05, 0) is 30.7 Å². The predicted molar refractivity (Wildman–Crippen MR) is 62.0 cm³/mol. The van der Waals surface area contributed by atoms with Crippen LogP contribution in [-0.2, 0) is 6.42 Å². The molecule has 0 aliphatic heterocycles. The zero-order chi connectivity index (χ0) is 12.3. The van der Waals surface area contributed by atoms with E-state index in [9.17, 15) is 0 Å². The number of nitriles is 1. The van der Waals surface area contributed by atoms with E-state index in [1.165, 1.54) is 0 Å². The summed E-state index contributed by atoms with van der Waals surface area (Å²) < 4.78 is 6.77. The second kappa shape index (κ2) is 4.66. The fourth-order valence-electron chi connectivity index (χ4n) is 1.64. The summed E-state index contributed by atoms with van der Waals surface area (Å²) in [5, 5.41) is 16.7. The molecule has 0 N–H and O–H groups in total. The van der Waals surface area contributed by atoms with Gasteiger partial charge in [0.1, 0.15) is 11.8 Å². The number of rotatable bonds is 3. The maximum atomic E-state index is 8.91. The molecule has 0 fully saturated rings. The van der Waals surface area contributed by atoms with Gasteiger partial charge in [-0.3, -0.25) is 0 Å². The summed E-state index contributed by atoms with van der Waals surface area (Å²) in [7, 11) is 1.62. The molecule has 1 heterocycles. The molecular formula is C12H12N4O. The molecule has 0 atom stereocenters. The van der Waals surface area contributed by atoms with Crippen LogP contribution in [0.1, 0.15) is 18.3 Å². The van der Waals surface area contributed by atoms with Crippen LogP contribution in [0, 0.1) is 11.3 Å². The van der Waals surface area contributed by atoms with Gasteiger partial charge in [0.15, 0.2) is 5.69 Å². The van der Waals surface area contributed by atoms with E-state index in [4.69, 9.17) is 10.00 Å². The van der Waals surface area contributed by atoms with Crippen molar-refractivity contribution in [2.45, 2.75) is 13.3 Å². The molecule has 5 heteroatoms. The minimum atomic E-state index is 0.378. The van der Waals surface area contributed by atoms with Gasteiger partial charge in [-0.2, -0.15) is 5.26 Å². The van der Waals surface area contributed by atoms with Crippen molar-refractivity contribution in [1.29, 1.82) is 5.26 Å². The first-order valence-corrected chi connectivity index (χ1v) is 5.29. The highest BCUT2D eigenvalue weighted by molar-refractivity contribution is 5.39. The minimum absolute atomic E-state index is 0.378. The third-order valence-corrected chi connectivity index (χ3v) is 2.52. The predicted octanol–water partition coefficient (Wildman–Crippen LogP) is 1.71. The molecule has 0 amide bonds. The van der Waals surface area contributed by atoms with E-state index in [1.54, 1.807) is 11.8 Å². The number of hydrogen-bond acceptors (Lipinski definition) is 4. The molecule has 0 bridgehead atoms. The second-order valence-electron chi connectivity index (χ2n) is 3.46. The lowest BCUT2D eigenvalue weighted by Gasteiger charge is -2.05. The molecule has 0 aliphatic rings. The Morgan fingerprint density at radius 1 is 1.35 bits per heavy atom. The van der Waals surface area contributed by atoms with Gasteiger partial charge in [0.05, 0.1) is 18.5 Å². The van der Waals surface area contributed by atoms with Crippen molar-refractivity contribution in [3.8, 4) is 17.5 Å². The molecule has 1 aromatic carbocycles. The Balaban J connectivity index is 2.46. The van der Waals surface area contributed by atoms with E-state index in [0.29, 0.717) is 12.1 Å². The smallest absolute Gasteiger partial charge is 0.186 e. The maximum Gasteiger partial charge on any atom is 0.186 e. The summed E-state index contributed by atoms with van der Waals surface area (Å²) in [6.45, 7) is 1.97.